The van der Waals surface area contributed by atoms with E-state index in [4.69, 9.17) is 4.74 Å². The van der Waals surface area contributed by atoms with Crippen LogP contribution in [0.2, 0.25) is 0 Å². The van der Waals surface area contributed by atoms with Crippen LogP contribution in [0.4, 0.5) is 5.69 Å². The van der Waals surface area contributed by atoms with Gasteiger partial charge in [0.25, 0.3) is 11.8 Å². The summed E-state index contributed by atoms with van der Waals surface area (Å²) in [5, 5.41) is 2.90. The number of para-hydroxylation sites is 1. The van der Waals surface area contributed by atoms with Crippen molar-refractivity contribution in [2.45, 2.75) is 38.1 Å². The predicted molar refractivity (Wildman–Crippen MR) is 119 cm³/mol. The summed E-state index contributed by atoms with van der Waals surface area (Å²) in [6.07, 6.45) is 5.65. The summed E-state index contributed by atoms with van der Waals surface area (Å²) in [5.74, 6) is 0.426. The molecule has 0 radical (unpaired) electrons. The Morgan fingerprint density at radius 2 is 1.82 bits per heavy atom. The minimum atomic E-state index is -0.249. The van der Waals surface area contributed by atoms with E-state index in [0.717, 1.165) is 35.0 Å². The molecule has 0 heterocycles. The summed E-state index contributed by atoms with van der Waals surface area (Å²) in [6.45, 7) is 0. The monoisotopic (exact) mass is 492 g/mol. The van der Waals surface area contributed by atoms with Gasteiger partial charge in [-0.15, -0.1) is 0 Å². The van der Waals surface area contributed by atoms with Crippen LogP contribution in [0.15, 0.2) is 42.5 Å². The van der Waals surface area contributed by atoms with Crippen molar-refractivity contribution in [3.63, 3.8) is 0 Å². The van der Waals surface area contributed by atoms with Gasteiger partial charge >= 0.3 is 0 Å². The second-order valence-corrected chi connectivity index (χ2v) is 8.22. The maximum absolute atomic E-state index is 13.1. The van der Waals surface area contributed by atoms with Gasteiger partial charge in [0.2, 0.25) is 0 Å². The molecule has 5 nitrogen and oxygen atoms in total. The van der Waals surface area contributed by atoms with E-state index in [0.29, 0.717) is 16.8 Å². The normalized spacial score (nSPS) is 14.4. The topological polar surface area (TPSA) is 58.6 Å². The Hall–Kier alpha value is -2.09. The maximum Gasteiger partial charge on any atom is 0.255 e. The molecule has 3 rings (SSSR count). The highest BCUT2D eigenvalue weighted by Crippen LogP contribution is 2.26. The van der Waals surface area contributed by atoms with Crippen LogP contribution in [-0.4, -0.2) is 36.9 Å². The molecule has 2 aromatic rings. The van der Waals surface area contributed by atoms with E-state index >= 15 is 0 Å². The van der Waals surface area contributed by atoms with Crippen molar-refractivity contribution in [2.24, 2.45) is 0 Å². The van der Waals surface area contributed by atoms with Gasteiger partial charge < -0.3 is 15.0 Å². The second-order valence-electron chi connectivity index (χ2n) is 7.06. The molecule has 1 saturated carbocycles. The summed E-state index contributed by atoms with van der Waals surface area (Å²) in [4.78, 5) is 27.6. The third-order valence-electron chi connectivity index (χ3n) is 5.26. The molecule has 1 aliphatic rings. The standard InChI is InChI=1S/C22H25IN2O3/c1-25(16-8-4-3-5-9-16)22(27)17-10-6-7-11-19(17)24-21(26)15-12-13-20(28-2)18(23)14-15/h6-7,10-14,16H,3-5,8-9H2,1-2H3,(H,24,26). The van der Waals surface area contributed by atoms with E-state index in [9.17, 15) is 9.59 Å². The Kier molecular flexibility index (Phi) is 6.93. The maximum atomic E-state index is 13.1. The molecule has 0 spiro atoms. The molecular formula is C22H25IN2O3. The second kappa shape index (κ2) is 9.41. The molecule has 1 fully saturated rings. The van der Waals surface area contributed by atoms with E-state index in [1.807, 2.05) is 24.1 Å². The molecular weight excluding hydrogens is 467 g/mol. The van der Waals surface area contributed by atoms with Crippen LogP contribution in [-0.2, 0) is 0 Å². The minimum absolute atomic E-state index is 0.0490. The number of halogens is 1. The zero-order valence-corrected chi connectivity index (χ0v) is 18.4. The number of hydrogen-bond donors (Lipinski definition) is 1. The summed E-state index contributed by atoms with van der Waals surface area (Å²) in [5.41, 5.74) is 1.58. The molecule has 148 valence electrons. The largest absolute Gasteiger partial charge is 0.496 e. The Labute approximate surface area is 179 Å². The number of nitrogens with one attached hydrogen (secondary N) is 1. The SMILES string of the molecule is COc1ccc(C(=O)Nc2ccccc2C(=O)N(C)C2CCCCC2)cc1I. The average Bonchev–Trinajstić information content (AvgIpc) is 2.73. The zero-order valence-electron chi connectivity index (χ0n) is 16.2. The summed E-state index contributed by atoms with van der Waals surface area (Å²) < 4.78 is 6.10. The van der Waals surface area contributed by atoms with Crippen LogP contribution in [0.25, 0.3) is 0 Å². The molecule has 0 aromatic heterocycles. The molecule has 0 atom stereocenters. The van der Waals surface area contributed by atoms with Gasteiger partial charge in [-0.3, -0.25) is 9.59 Å². The van der Waals surface area contributed by atoms with Gasteiger partial charge in [0.05, 0.1) is 21.9 Å². The van der Waals surface area contributed by atoms with Gasteiger partial charge in [0.15, 0.2) is 0 Å². The van der Waals surface area contributed by atoms with Crippen molar-refractivity contribution >= 4 is 40.1 Å². The fourth-order valence-electron chi connectivity index (χ4n) is 3.60. The van der Waals surface area contributed by atoms with E-state index in [2.05, 4.69) is 27.9 Å². The number of nitrogens with zero attached hydrogens (tertiary/aromatic N) is 1. The lowest BCUT2D eigenvalue weighted by molar-refractivity contribution is 0.0697. The summed E-state index contributed by atoms with van der Waals surface area (Å²) in [6, 6.07) is 12.7. The average molecular weight is 492 g/mol. The Bertz CT molecular complexity index is 863. The Morgan fingerprint density at radius 3 is 2.50 bits per heavy atom. The zero-order chi connectivity index (χ0) is 20.1. The predicted octanol–water partition coefficient (Wildman–Crippen LogP) is 4.96. The molecule has 1 N–H and O–H groups in total. The van der Waals surface area contributed by atoms with Crippen molar-refractivity contribution < 1.29 is 14.3 Å². The molecule has 1 aliphatic carbocycles. The van der Waals surface area contributed by atoms with Gasteiger partial charge in [-0.1, -0.05) is 31.4 Å². The number of carbonyl (C=O) groups excluding carboxylic acids is 2. The van der Waals surface area contributed by atoms with Crippen molar-refractivity contribution in [1.82, 2.24) is 4.90 Å². The molecule has 0 bridgehead atoms. The first kappa shape index (κ1) is 20.6. The fraction of sp³-hybridized carbons (Fsp3) is 0.364. The smallest absolute Gasteiger partial charge is 0.255 e. The van der Waals surface area contributed by atoms with Crippen LogP contribution in [0.3, 0.4) is 0 Å². The van der Waals surface area contributed by atoms with Crippen molar-refractivity contribution in [1.29, 1.82) is 0 Å². The van der Waals surface area contributed by atoms with Gasteiger partial charge in [-0.25, -0.2) is 0 Å². The van der Waals surface area contributed by atoms with E-state index < -0.39 is 0 Å². The number of rotatable bonds is 5. The van der Waals surface area contributed by atoms with Crippen LogP contribution in [0.5, 0.6) is 5.75 Å². The quantitative estimate of drug-likeness (QED) is 0.601. The van der Waals surface area contributed by atoms with Crippen LogP contribution < -0.4 is 10.1 Å². The molecule has 6 heteroatoms. The van der Waals surface area contributed by atoms with Crippen LogP contribution in [0, 0.1) is 3.57 Å². The lowest BCUT2D eigenvalue weighted by Crippen LogP contribution is -2.38. The minimum Gasteiger partial charge on any atom is -0.496 e. The molecule has 0 saturated heterocycles. The van der Waals surface area contributed by atoms with Crippen LogP contribution >= 0.6 is 22.6 Å². The summed E-state index contributed by atoms with van der Waals surface area (Å²) >= 11 is 2.14. The molecule has 2 aromatic carbocycles. The van der Waals surface area contributed by atoms with E-state index in [1.165, 1.54) is 6.42 Å². The molecule has 0 aliphatic heterocycles. The number of amides is 2. The van der Waals surface area contributed by atoms with Gasteiger partial charge in [0, 0.05) is 18.7 Å². The van der Waals surface area contributed by atoms with Gasteiger partial charge in [-0.05, 0) is 65.8 Å². The first-order valence-electron chi connectivity index (χ1n) is 9.52. The first-order valence-corrected chi connectivity index (χ1v) is 10.6. The van der Waals surface area contributed by atoms with Gasteiger partial charge in [-0.2, -0.15) is 0 Å². The highest BCUT2D eigenvalue weighted by molar-refractivity contribution is 14.1. The third-order valence-corrected chi connectivity index (χ3v) is 6.11. The van der Waals surface area contributed by atoms with Gasteiger partial charge in [0.1, 0.15) is 5.75 Å². The van der Waals surface area contributed by atoms with E-state index in [1.54, 1.807) is 37.4 Å². The Balaban J connectivity index is 1.79. The number of benzene rings is 2. The number of anilines is 1. The van der Waals surface area contributed by atoms with E-state index in [-0.39, 0.29) is 17.9 Å². The lowest BCUT2D eigenvalue weighted by atomic mass is 9.94. The van der Waals surface area contributed by atoms with Crippen molar-refractivity contribution in [3.05, 3.63) is 57.2 Å². The highest BCUT2D eigenvalue weighted by Gasteiger charge is 2.25. The molecule has 28 heavy (non-hydrogen) atoms. The Morgan fingerprint density at radius 1 is 1.11 bits per heavy atom. The van der Waals surface area contributed by atoms with Crippen molar-refractivity contribution in [3.8, 4) is 5.75 Å². The number of ether oxygens (including phenoxy) is 1. The highest BCUT2D eigenvalue weighted by atomic mass is 127. The molecule has 0 unspecified atom stereocenters. The third kappa shape index (κ3) is 4.66. The van der Waals surface area contributed by atoms with Crippen molar-refractivity contribution in [2.75, 3.05) is 19.5 Å². The lowest BCUT2D eigenvalue weighted by Gasteiger charge is -2.31. The first-order chi connectivity index (χ1) is 13.5. The van der Waals surface area contributed by atoms with Crippen LogP contribution in [0.1, 0.15) is 52.8 Å². The number of hydrogen-bond acceptors (Lipinski definition) is 3. The number of carbonyl (C=O) groups is 2. The summed E-state index contributed by atoms with van der Waals surface area (Å²) in [7, 11) is 3.46. The molecule has 2 amide bonds. The fourth-order valence-corrected chi connectivity index (χ4v) is 4.34. The number of methoxy groups -OCH3 is 1.